The fourth-order valence-corrected chi connectivity index (χ4v) is 7.72. The number of pyridine rings is 1. The molecule has 1 amide bonds. The van der Waals surface area contributed by atoms with Gasteiger partial charge in [0.05, 0.1) is 18.2 Å². The van der Waals surface area contributed by atoms with Gasteiger partial charge in [0.25, 0.3) is 5.91 Å². The first-order valence-corrected chi connectivity index (χ1v) is 17.6. The van der Waals surface area contributed by atoms with Crippen molar-refractivity contribution in [3.05, 3.63) is 105 Å². The number of phenolic OH excluding ortho intramolecular Hbond substituents is 1. The Labute approximate surface area is 290 Å². The van der Waals surface area contributed by atoms with E-state index in [4.69, 9.17) is 9.47 Å². The zero-order valence-electron chi connectivity index (χ0n) is 28.0. The van der Waals surface area contributed by atoms with Crippen molar-refractivity contribution in [2.75, 3.05) is 39.3 Å². The number of nitrogens with one attached hydrogen (secondary N) is 3. The van der Waals surface area contributed by atoms with Gasteiger partial charge in [-0.1, -0.05) is 36.4 Å². The van der Waals surface area contributed by atoms with Crippen molar-refractivity contribution in [1.29, 1.82) is 0 Å². The van der Waals surface area contributed by atoms with Crippen LogP contribution in [0.15, 0.2) is 77.6 Å². The fourth-order valence-electron chi connectivity index (χ4n) is 7.72. The Morgan fingerprint density at radius 2 is 1.86 bits per heavy atom. The molecule has 3 aromatic carbocycles. The fraction of sp³-hybridized carbons (Fsp3) is 0.410. The minimum Gasteiger partial charge on any atom is -0.506 e. The van der Waals surface area contributed by atoms with Gasteiger partial charge in [0.15, 0.2) is 5.54 Å². The van der Waals surface area contributed by atoms with Crippen molar-refractivity contribution in [2.24, 2.45) is 5.92 Å². The number of rotatable bonds is 13. The van der Waals surface area contributed by atoms with Gasteiger partial charge >= 0.3 is 5.97 Å². The highest BCUT2D eigenvalue weighted by molar-refractivity contribution is 5.99. The first kappa shape index (κ1) is 33.8. The average Bonchev–Trinajstić information content (AvgIpc) is 3.51. The molecule has 3 aliphatic heterocycles. The molecule has 3 saturated heterocycles. The topological polar surface area (TPSA) is 153 Å². The average molecular weight is 681 g/mol. The number of H-pyrrole nitrogens is 1. The maximum atomic E-state index is 14.0. The van der Waals surface area contributed by atoms with Gasteiger partial charge in [-0.3, -0.25) is 14.5 Å². The molecule has 2 bridgehead atoms. The molecule has 5 N–H and O–H groups in total. The first-order valence-electron chi connectivity index (χ1n) is 17.6. The number of nitrogens with zero attached hydrogens (tertiary/aromatic N) is 1. The third kappa shape index (κ3) is 6.98. The Kier molecular flexibility index (Phi) is 9.89. The van der Waals surface area contributed by atoms with Crippen LogP contribution >= 0.6 is 0 Å². The number of aryl methyl sites for hydroxylation is 1. The predicted molar refractivity (Wildman–Crippen MR) is 188 cm³/mol. The number of ether oxygens (including phenoxy) is 2. The molecule has 0 radical (unpaired) electrons. The number of aliphatic hydroxyl groups is 1. The number of benzene rings is 3. The number of amides is 1. The van der Waals surface area contributed by atoms with E-state index in [0.717, 1.165) is 56.4 Å². The summed E-state index contributed by atoms with van der Waals surface area (Å²) in [4.78, 5) is 44.4. The summed E-state index contributed by atoms with van der Waals surface area (Å²) in [6.07, 6.45) is 3.75. The summed E-state index contributed by atoms with van der Waals surface area (Å²) in [7, 11) is 0. The number of carbonyl (C=O) groups excluding carboxylic acids is 2. The highest BCUT2D eigenvalue weighted by atomic mass is 16.5. The highest BCUT2D eigenvalue weighted by Gasteiger charge is 2.50. The number of piperidine rings is 3. The molecule has 262 valence electrons. The molecular formula is C39H44N4O7. The number of fused-ring (bicyclic) bond motifs is 5. The zero-order chi connectivity index (χ0) is 34.7. The van der Waals surface area contributed by atoms with Gasteiger partial charge in [-0.15, -0.1) is 0 Å². The Balaban J connectivity index is 0.915. The molecule has 1 aromatic heterocycles. The summed E-state index contributed by atoms with van der Waals surface area (Å²) in [5.41, 5.74) is 1.61. The molecule has 3 atom stereocenters. The van der Waals surface area contributed by atoms with E-state index < -0.39 is 11.6 Å². The van der Waals surface area contributed by atoms with Crippen molar-refractivity contribution < 1.29 is 29.3 Å². The van der Waals surface area contributed by atoms with Crippen molar-refractivity contribution in [1.82, 2.24) is 20.5 Å². The molecular weight excluding hydrogens is 636 g/mol. The van der Waals surface area contributed by atoms with Crippen molar-refractivity contribution in [3.63, 3.8) is 0 Å². The number of aromatic hydroxyl groups is 1. The first-order chi connectivity index (χ1) is 24.3. The van der Waals surface area contributed by atoms with Crippen molar-refractivity contribution >= 4 is 22.8 Å². The second kappa shape index (κ2) is 14.6. The van der Waals surface area contributed by atoms with Crippen LogP contribution in [-0.2, 0) is 21.5 Å². The quantitative estimate of drug-likeness (QED) is 0.105. The highest BCUT2D eigenvalue weighted by Crippen LogP contribution is 2.40. The summed E-state index contributed by atoms with van der Waals surface area (Å²) in [6.45, 7) is 4.24. The van der Waals surface area contributed by atoms with Crippen LogP contribution in [0.3, 0.4) is 0 Å². The molecule has 4 aliphatic rings. The smallest absolute Gasteiger partial charge is 0.336 e. The lowest BCUT2D eigenvalue weighted by Crippen LogP contribution is -2.56. The minimum atomic E-state index is -1.24. The number of carbonyl (C=O) groups is 2. The Morgan fingerprint density at radius 1 is 1.02 bits per heavy atom. The molecule has 8 rings (SSSR count). The third-order valence-corrected chi connectivity index (χ3v) is 10.5. The summed E-state index contributed by atoms with van der Waals surface area (Å²) < 4.78 is 12.2. The Hall–Kier alpha value is -4.71. The standard InChI is InChI=1S/C39H44N4O7/c44-32-12-10-29(30-11-13-35(46)41-36(30)32)33(45)23-40-18-3-4-21-49-28-8-5-7-27(22-28)37(47)42-39(17-14-25-6-1-2-9-31(25)39)38(48)50-34-24-43-19-15-26(34)16-20-43/h1-2,5-13,22,26,33-34,40,44-45H,3-4,14-21,23-24H2,(H,41,46)(H,42,47)/t33?,34?,39-/m1/s1. The van der Waals surface area contributed by atoms with Crippen LogP contribution in [0, 0.1) is 5.92 Å². The zero-order valence-corrected chi connectivity index (χ0v) is 28.0. The molecule has 4 aromatic rings. The van der Waals surface area contributed by atoms with E-state index in [9.17, 15) is 24.6 Å². The summed E-state index contributed by atoms with van der Waals surface area (Å²) in [5, 5.41) is 27.8. The Morgan fingerprint density at radius 3 is 2.68 bits per heavy atom. The van der Waals surface area contributed by atoms with Crippen LogP contribution in [0.5, 0.6) is 11.5 Å². The molecule has 0 spiro atoms. The maximum Gasteiger partial charge on any atom is 0.336 e. The summed E-state index contributed by atoms with van der Waals surface area (Å²) in [5.74, 6) is 0.152. The van der Waals surface area contributed by atoms with Crippen molar-refractivity contribution in [2.45, 2.75) is 56.3 Å². The lowest BCUT2D eigenvalue weighted by Gasteiger charge is -2.45. The largest absolute Gasteiger partial charge is 0.506 e. The second-order valence-electron chi connectivity index (χ2n) is 13.7. The second-order valence-corrected chi connectivity index (χ2v) is 13.7. The Bertz CT molecular complexity index is 1920. The van der Waals surface area contributed by atoms with Crippen LogP contribution in [0.25, 0.3) is 10.9 Å². The van der Waals surface area contributed by atoms with Crippen LogP contribution in [0.1, 0.15) is 65.3 Å². The predicted octanol–water partition coefficient (Wildman–Crippen LogP) is 3.92. The van der Waals surface area contributed by atoms with Crippen molar-refractivity contribution in [3.8, 4) is 11.5 Å². The number of unbranched alkanes of at least 4 members (excludes halogenated alkanes) is 1. The van der Waals surface area contributed by atoms with Crippen LogP contribution in [0.4, 0.5) is 0 Å². The van der Waals surface area contributed by atoms with E-state index in [2.05, 4.69) is 20.5 Å². The molecule has 1 aliphatic carbocycles. The molecule has 11 nitrogen and oxygen atoms in total. The van der Waals surface area contributed by atoms with E-state index in [0.29, 0.717) is 66.2 Å². The van der Waals surface area contributed by atoms with Gasteiger partial charge in [-0.2, -0.15) is 0 Å². The molecule has 11 heteroatoms. The lowest BCUT2D eigenvalue weighted by molar-refractivity contribution is -0.167. The molecule has 50 heavy (non-hydrogen) atoms. The molecule has 2 unspecified atom stereocenters. The number of hydrogen-bond donors (Lipinski definition) is 5. The number of aromatic nitrogens is 1. The lowest BCUT2D eigenvalue weighted by atomic mass is 9.85. The minimum absolute atomic E-state index is 0.0455. The number of hydrogen-bond acceptors (Lipinski definition) is 9. The van der Waals surface area contributed by atoms with Gasteiger partial charge in [0.1, 0.15) is 17.6 Å². The summed E-state index contributed by atoms with van der Waals surface area (Å²) in [6, 6.07) is 20.9. The molecule has 3 fully saturated rings. The van der Waals surface area contributed by atoms with Gasteiger partial charge in [-0.25, -0.2) is 4.79 Å². The number of aliphatic hydroxyl groups excluding tert-OH is 1. The van der Waals surface area contributed by atoms with E-state index in [1.54, 1.807) is 30.3 Å². The van der Waals surface area contributed by atoms with Gasteiger partial charge < -0.3 is 35.3 Å². The van der Waals surface area contributed by atoms with Crippen LogP contribution < -0.4 is 20.9 Å². The molecule has 0 saturated carbocycles. The number of phenols is 1. The van der Waals surface area contributed by atoms with E-state index in [1.165, 1.54) is 12.1 Å². The van der Waals surface area contributed by atoms with Crippen LogP contribution in [-0.4, -0.2) is 77.4 Å². The maximum absolute atomic E-state index is 14.0. The molecule has 4 heterocycles. The number of esters is 1. The summed E-state index contributed by atoms with van der Waals surface area (Å²) >= 11 is 0. The SMILES string of the molecule is O=C(N[C@]1(C(=O)OC2CN3CCC2CC3)CCc2ccccc21)c1cccc(OCCCCNCC(O)c2ccc(O)c3[nH]c(=O)ccc23)c1. The van der Waals surface area contributed by atoms with E-state index in [1.807, 2.05) is 30.3 Å². The monoisotopic (exact) mass is 680 g/mol. The van der Waals surface area contributed by atoms with E-state index >= 15 is 0 Å². The van der Waals surface area contributed by atoms with E-state index in [-0.39, 0.29) is 29.3 Å². The van der Waals surface area contributed by atoms with Gasteiger partial charge in [0.2, 0.25) is 5.56 Å². The van der Waals surface area contributed by atoms with Crippen LogP contribution in [0.2, 0.25) is 0 Å². The van der Waals surface area contributed by atoms with Gasteiger partial charge in [-0.05, 0) is 111 Å². The van der Waals surface area contributed by atoms with Gasteiger partial charge in [0, 0.05) is 30.1 Å². The third-order valence-electron chi connectivity index (χ3n) is 10.5. The number of aromatic amines is 1. The normalized spacial score (nSPS) is 22.9.